The molecule has 1 saturated carbocycles. The van der Waals surface area contributed by atoms with Crippen molar-refractivity contribution in [3.63, 3.8) is 0 Å². The van der Waals surface area contributed by atoms with E-state index in [4.69, 9.17) is 5.73 Å². The zero-order chi connectivity index (χ0) is 13.0. The van der Waals surface area contributed by atoms with Crippen LogP contribution in [0.25, 0.3) is 0 Å². The van der Waals surface area contributed by atoms with Crippen LogP contribution in [0.4, 0.5) is 0 Å². The van der Waals surface area contributed by atoms with Gasteiger partial charge in [-0.1, -0.05) is 12.8 Å². The first-order chi connectivity index (χ1) is 8.72. The molecule has 0 radical (unpaired) electrons. The number of nitrogens with two attached hydrogens (primary N) is 1. The number of carbonyl (C=O) groups is 1. The van der Waals surface area contributed by atoms with Crippen molar-refractivity contribution in [1.82, 2.24) is 15.1 Å². The van der Waals surface area contributed by atoms with E-state index in [1.807, 2.05) is 0 Å². The van der Waals surface area contributed by atoms with Gasteiger partial charge in [-0.15, -0.1) is 0 Å². The third-order valence-electron chi connectivity index (χ3n) is 3.29. The van der Waals surface area contributed by atoms with E-state index in [1.165, 1.54) is 12.1 Å². The summed E-state index contributed by atoms with van der Waals surface area (Å²) in [6.07, 6.45) is 4.35. The van der Waals surface area contributed by atoms with Crippen LogP contribution in [0.3, 0.4) is 0 Å². The van der Waals surface area contributed by atoms with E-state index in [1.54, 1.807) is 4.90 Å². The highest BCUT2D eigenvalue weighted by molar-refractivity contribution is 5.92. The summed E-state index contributed by atoms with van der Waals surface area (Å²) in [5.41, 5.74) is 5.53. The molecule has 1 aliphatic rings. The fourth-order valence-electron chi connectivity index (χ4n) is 2.42. The number of nitrogens with one attached hydrogen (secondary N) is 1. The van der Waals surface area contributed by atoms with Gasteiger partial charge in [-0.2, -0.15) is 5.10 Å². The zero-order valence-corrected chi connectivity index (χ0v) is 10.3. The summed E-state index contributed by atoms with van der Waals surface area (Å²) in [5, 5.41) is 6.07. The molecule has 0 bridgehead atoms. The van der Waals surface area contributed by atoms with Crippen LogP contribution in [0.2, 0.25) is 0 Å². The molecule has 3 N–H and O–H groups in total. The molecule has 0 atom stereocenters. The number of aromatic amines is 1. The van der Waals surface area contributed by atoms with E-state index in [-0.39, 0.29) is 23.2 Å². The normalized spacial score (nSPS) is 15.8. The summed E-state index contributed by atoms with van der Waals surface area (Å²) < 4.78 is 0. The summed E-state index contributed by atoms with van der Waals surface area (Å²) in [4.78, 5) is 25.0. The maximum absolute atomic E-state index is 12.3. The molecule has 0 spiro atoms. The minimum atomic E-state index is -0.308. The van der Waals surface area contributed by atoms with Crippen molar-refractivity contribution >= 4 is 5.91 Å². The van der Waals surface area contributed by atoms with E-state index in [2.05, 4.69) is 10.2 Å². The second kappa shape index (κ2) is 5.77. The van der Waals surface area contributed by atoms with E-state index in [0.29, 0.717) is 13.1 Å². The van der Waals surface area contributed by atoms with Gasteiger partial charge >= 0.3 is 0 Å². The first kappa shape index (κ1) is 12.8. The minimum Gasteiger partial charge on any atom is -0.333 e. The summed E-state index contributed by atoms with van der Waals surface area (Å²) in [6.45, 7) is 0.968. The number of aromatic nitrogens is 2. The fourth-order valence-corrected chi connectivity index (χ4v) is 2.42. The standard InChI is InChI=1S/C12H18N4O2/c13-7-8-16(9-3-1-2-4-9)12(18)10-5-6-11(17)15-14-10/h5-6,9H,1-4,7-8,13H2,(H,15,17). The van der Waals surface area contributed by atoms with Gasteiger partial charge in [0, 0.05) is 25.2 Å². The third kappa shape index (κ3) is 2.76. The van der Waals surface area contributed by atoms with Gasteiger partial charge in [0.25, 0.3) is 11.5 Å². The summed E-state index contributed by atoms with van der Waals surface area (Å²) >= 11 is 0. The second-order valence-corrected chi connectivity index (χ2v) is 4.53. The number of nitrogens with zero attached hydrogens (tertiary/aromatic N) is 2. The zero-order valence-electron chi connectivity index (χ0n) is 10.3. The molecule has 1 fully saturated rings. The molecule has 1 amide bonds. The third-order valence-corrected chi connectivity index (χ3v) is 3.29. The molecule has 1 aromatic heterocycles. The van der Waals surface area contributed by atoms with Crippen LogP contribution in [-0.4, -0.2) is 40.1 Å². The molecule has 98 valence electrons. The molecule has 6 heteroatoms. The average molecular weight is 250 g/mol. The van der Waals surface area contributed by atoms with Crippen LogP contribution in [0.1, 0.15) is 36.2 Å². The summed E-state index contributed by atoms with van der Waals surface area (Å²) in [7, 11) is 0. The molecule has 0 aromatic carbocycles. The maximum Gasteiger partial charge on any atom is 0.274 e. The van der Waals surface area contributed by atoms with Gasteiger partial charge in [-0.25, -0.2) is 5.10 Å². The largest absolute Gasteiger partial charge is 0.333 e. The first-order valence-corrected chi connectivity index (χ1v) is 6.29. The molecule has 1 heterocycles. The lowest BCUT2D eigenvalue weighted by Crippen LogP contribution is -2.42. The Morgan fingerprint density at radius 1 is 1.44 bits per heavy atom. The number of rotatable bonds is 4. The monoisotopic (exact) mass is 250 g/mol. The predicted molar refractivity (Wildman–Crippen MR) is 67.2 cm³/mol. The Kier molecular flexibility index (Phi) is 4.09. The second-order valence-electron chi connectivity index (χ2n) is 4.53. The van der Waals surface area contributed by atoms with Crippen molar-refractivity contribution in [3.05, 3.63) is 28.2 Å². The van der Waals surface area contributed by atoms with Crippen LogP contribution in [-0.2, 0) is 0 Å². The van der Waals surface area contributed by atoms with Crippen LogP contribution >= 0.6 is 0 Å². The lowest BCUT2D eigenvalue weighted by molar-refractivity contribution is 0.0680. The smallest absolute Gasteiger partial charge is 0.274 e. The van der Waals surface area contributed by atoms with Crippen LogP contribution in [0.15, 0.2) is 16.9 Å². The van der Waals surface area contributed by atoms with Gasteiger partial charge in [0.15, 0.2) is 0 Å². The molecule has 18 heavy (non-hydrogen) atoms. The average Bonchev–Trinajstić information content (AvgIpc) is 2.90. The minimum absolute atomic E-state index is 0.149. The Bertz CT molecular complexity index is 445. The van der Waals surface area contributed by atoms with E-state index in [0.717, 1.165) is 25.7 Å². The summed E-state index contributed by atoms with van der Waals surface area (Å²) in [6, 6.07) is 3.03. The number of H-pyrrole nitrogens is 1. The van der Waals surface area contributed by atoms with Crippen LogP contribution in [0, 0.1) is 0 Å². The van der Waals surface area contributed by atoms with Crippen molar-refractivity contribution in [2.45, 2.75) is 31.7 Å². The topological polar surface area (TPSA) is 92.1 Å². The molecule has 1 aliphatic carbocycles. The lowest BCUT2D eigenvalue weighted by atomic mass is 10.2. The number of amides is 1. The fraction of sp³-hybridized carbons (Fsp3) is 0.583. The number of carbonyl (C=O) groups excluding carboxylic acids is 1. The lowest BCUT2D eigenvalue weighted by Gasteiger charge is -2.28. The van der Waals surface area contributed by atoms with Crippen molar-refractivity contribution in [3.8, 4) is 0 Å². The molecule has 0 unspecified atom stereocenters. The van der Waals surface area contributed by atoms with Crippen molar-refractivity contribution in [2.24, 2.45) is 5.73 Å². The SMILES string of the molecule is NCCN(C(=O)c1ccc(=O)[nH]n1)C1CCCC1. The highest BCUT2D eigenvalue weighted by atomic mass is 16.2. The first-order valence-electron chi connectivity index (χ1n) is 6.29. The predicted octanol–water partition coefficient (Wildman–Crippen LogP) is 0.113. The molecule has 6 nitrogen and oxygen atoms in total. The van der Waals surface area contributed by atoms with Gasteiger partial charge in [0.1, 0.15) is 5.69 Å². The van der Waals surface area contributed by atoms with Gasteiger partial charge in [0.2, 0.25) is 0 Å². The van der Waals surface area contributed by atoms with E-state index in [9.17, 15) is 9.59 Å². The van der Waals surface area contributed by atoms with Crippen LogP contribution < -0.4 is 11.3 Å². The molecule has 2 rings (SSSR count). The highest BCUT2D eigenvalue weighted by Crippen LogP contribution is 2.24. The van der Waals surface area contributed by atoms with Gasteiger partial charge < -0.3 is 10.6 Å². The van der Waals surface area contributed by atoms with Crippen molar-refractivity contribution < 1.29 is 4.79 Å². The number of hydrogen-bond acceptors (Lipinski definition) is 4. The molecule has 1 aromatic rings. The highest BCUT2D eigenvalue weighted by Gasteiger charge is 2.27. The Hall–Kier alpha value is -1.69. The van der Waals surface area contributed by atoms with Crippen molar-refractivity contribution in [2.75, 3.05) is 13.1 Å². The number of hydrogen-bond donors (Lipinski definition) is 2. The Balaban J connectivity index is 2.16. The molecule has 0 aliphatic heterocycles. The Labute approximate surface area is 105 Å². The maximum atomic E-state index is 12.3. The van der Waals surface area contributed by atoms with Crippen molar-refractivity contribution in [1.29, 1.82) is 0 Å². The van der Waals surface area contributed by atoms with Crippen LogP contribution in [0.5, 0.6) is 0 Å². The molecule has 0 saturated heterocycles. The van der Waals surface area contributed by atoms with Gasteiger partial charge in [0.05, 0.1) is 0 Å². The Morgan fingerprint density at radius 3 is 2.72 bits per heavy atom. The van der Waals surface area contributed by atoms with Gasteiger partial charge in [-0.05, 0) is 18.9 Å². The van der Waals surface area contributed by atoms with E-state index < -0.39 is 0 Å². The molecular weight excluding hydrogens is 232 g/mol. The quantitative estimate of drug-likeness (QED) is 0.793. The van der Waals surface area contributed by atoms with Gasteiger partial charge in [-0.3, -0.25) is 9.59 Å². The molecular formula is C12H18N4O2. The summed E-state index contributed by atoms with van der Waals surface area (Å²) in [5.74, 6) is -0.149. The Morgan fingerprint density at radius 2 is 2.17 bits per heavy atom. The van der Waals surface area contributed by atoms with E-state index >= 15 is 0 Å².